The van der Waals surface area contributed by atoms with Crippen LogP contribution in [0.1, 0.15) is 23.7 Å². The number of aryl methyl sites for hydroxylation is 1. The molecule has 2 aliphatic rings. The van der Waals surface area contributed by atoms with Gasteiger partial charge in [0.05, 0.1) is 11.8 Å². The Labute approximate surface area is 193 Å². The average Bonchev–Trinajstić information content (AvgIpc) is 3.22. The molecule has 1 aromatic heterocycles. The molecule has 3 aromatic rings. The summed E-state index contributed by atoms with van der Waals surface area (Å²) in [6.07, 6.45) is -0.171. The molecule has 1 amide bonds. The molecule has 0 saturated carbocycles. The molecule has 0 spiro atoms. The molecule has 1 fully saturated rings. The second kappa shape index (κ2) is 8.79. The standard InChI is InChI=1S/C22H19N5O3S2/c1-26-22(23-24-25-26)32-16-13-31-18-12-17(28)27(18)19(16)21(29)30-20(14-8-4-2-5-9-14)15-10-6-3-7-11-15/h2-11,18,20H,12-13H2,1H3/t18-/m1/s1. The predicted octanol–water partition coefficient (Wildman–Crippen LogP) is 3.15. The van der Waals surface area contributed by atoms with Gasteiger partial charge in [-0.05, 0) is 33.3 Å². The van der Waals surface area contributed by atoms with E-state index in [1.54, 1.807) is 23.7 Å². The predicted molar refractivity (Wildman–Crippen MR) is 120 cm³/mol. The summed E-state index contributed by atoms with van der Waals surface area (Å²) in [5.41, 5.74) is 2.00. The van der Waals surface area contributed by atoms with Crippen molar-refractivity contribution in [2.24, 2.45) is 7.05 Å². The van der Waals surface area contributed by atoms with E-state index in [0.29, 0.717) is 22.2 Å². The minimum Gasteiger partial charge on any atom is -0.448 e. The highest BCUT2D eigenvalue weighted by Crippen LogP contribution is 2.45. The summed E-state index contributed by atoms with van der Waals surface area (Å²) in [7, 11) is 1.73. The zero-order valence-corrected chi connectivity index (χ0v) is 18.8. The Kier molecular flexibility index (Phi) is 5.71. The van der Waals surface area contributed by atoms with Gasteiger partial charge in [0.15, 0.2) is 6.10 Å². The third-order valence-electron chi connectivity index (χ3n) is 5.24. The molecule has 1 atom stereocenters. The number of rotatable bonds is 6. The van der Waals surface area contributed by atoms with Crippen molar-refractivity contribution in [1.82, 2.24) is 25.1 Å². The Bertz CT molecular complexity index is 1140. The molecule has 2 aromatic carbocycles. The van der Waals surface area contributed by atoms with Crippen LogP contribution in [0.25, 0.3) is 0 Å². The highest BCUT2D eigenvalue weighted by atomic mass is 32.2. The average molecular weight is 466 g/mol. The monoisotopic (exact) mass is 465 g/mol. The first-order valence-corrected chi connectivity index (χ1v) is 11.9. The number of fused-ring (bicyclic) bond motifs is 1. The summed E-state index contributed by atoms with van der Waals surface area (Å²) in [6.45, 7) is 0. The second-order valence-corrected chi connectivity index (χ2v) is 9.53. The van der Waals surface area contributed by atoms with Crippen molar-refractivity contribution in [3.05, 3.63) is 82.4 Å². The number of amides is 1. The number of aromatic nitrogens is 4. The highest BCUT2D eigenvalue weighted by Gasteiger charge is 2.46. The van der Waals surface area contributed by atoms with Crippen molar-refractivity contribution in [3.63, 3.8) is 0 Å². The summed E-state index contributed by atoms with van der Waals surface area (Å²) in [5.74, 6) is -0.0319. The number of benzene rings is 2. The number of hydrogen-bond acceptors (Lipinski definition) is 8. The Morgan fingerprint density at radius 2 is 1.78 bits per heavy atom. The topological polar surface area (TPSA) is 90.2 Å². The third-order valence-corrected chi connectivity index (χ3v) is 7.75. The van der Waals surface area contributed by atoms with Gasteiger partial charge in [-0.1, -0.05) is 60.7 Å². The largest absolute Gasteiger partial charge is 0.448 e. The fourth-order valence-corrected chi connectivity index (χ4v) is 5.92. The molecule has 162 valence electrons. The van der Waals surface area contributed by atoms with Gasteiger partial charge in [-0.25, -0.2) is 9.48 Å². The van der Waals surface area contributed by atoms with Gasteiger partial charge >= 0.3 is 5.97 Å². The van der Waals surface area contributed by atoms with Crippen molar-refractivity contribution >= 4 is 35.4 Å². The van der Waals surface area contributed by atoms with Crippen LogP contribution in [0.4, 0.5) is 0 Å². The Hall–Kier alpha value is -3.11. The van der Waals surface area contributed by atoms with E-state index >= 15 is 0 Å². The number of esters is 1. The highest BCUT2D eigenvalue weighted by molar-refractivity contribution is 8.06. The lowest BCUT2D eigenvalue weighted by molar-refractivity contribution is -0.151. The third kappa shape index (κ3) is 3.91. The molecule has 0 N–H and O–H groups in total. The van der Waals surface area contributed by atoms with Crippen molar-refractivity contribution in [3.8, 4) is 0 Å². The van der Waals surface area contributed by atoms with E-state index in [0.717, 1.165) is 11.1 Å². The summed E-state index contributed by atoms with van der Waals surface area (Å²) in [4.78, 5) is 28.3. The quantitative estimate of drug-likeness (QED) is 0.405. The van der Waals surface area contributed by atoms with Crippen LogP contribution in [0.3, 0.4) is 0 Å². The molecule has 2 aliphatic heterocycles. The first-order chi connectivity index (χ1) is 15.6. The molecule has 32 heavy (non-hydrogen) atoms. The SMILES string of the molecule is Cn1nnnc1SC1=C(C(=O)OC(c2ccccc2)c2ccccc2)N2C(=O)C[C@H]2SC1. The van der Waals surface area contributed by atoms with E-state index in [4.69, 9.17) is 4.74 Å². The zero-order valence-electron chi connectivity index (χ0n) is 17.1. The van der Waals surface area contributed by atoms with E-state index in [9.17, 15) is 9.59 Å². The van der Waals surface area contributed by atoms with Gasteiger partial charge in [0.1, 0.15) is 5.70 Å². The molecule has 5 rings (SSSR count). The van der Waals surface area contributed by atoms with Crippen LogP contribution in [-0.4, -0.2) is 48.1 Å². The number of ether oxygens (including phenoxy) is 1. The van der Waals surface area contributed by atoms with Crippen LogP contribution >= 0.6 is 23.5 Å². The zero-order chi connectivity index (χ0) is 22.1. The number of hydrogen-bond donors (Lipinski definition) is 0. The van der Waals surface area contributed by atoms with Crippen LogP contribution in [0, 0.1) is 0 Å². The molecular weight excluding hydrogens is 446 g/mol. The lowest BCUT2D eigenvalue weighted by Gasteiger charge is -2.44. The van der Waals surface area contributed by atoms with Crippen LogP contribution in [0.2, 0.25) is 0 Å². The Morgan fingerprint density at radius 3 is 2.34 bits per heavy atom. The number of carbonyl (C=O) groups is 2. The number of β-lactam (4-membered cyclic amide) rings is 1. The van der Waals surface area contributed by atoms with Gasteiger partial charge in [-0.3, -0.25) is 9.69 Å². The summed E-state index contributed by atoms with van der Waals surface area (Å²) in [6, 6.07) is 19.2. The maximum atomic E-state index is 13.6. The molecule has 1 saturated heterocycles. The fourth-order valence-electron chi connectivity index (χ4n) is 3.62. The molecule has 10 heteroatoms. The number of tetrazole rings is 1. The van der Waals surface area contributed by atoms with E-state index < -0.39 is 12.1 Å². The van der Waals surface area contributed by atoms with Crippen molar-refractivity contribution in [1.29, 1.82) is 0 Å². The Morgan fingerprint density at radius 1 is 1.12 bits per heavy atom. The van der Waals surface area contributed by atoms with Crippen LogP contribution in [0.15, 0.2) is 76.4 Å². The van der Waals surface area contributed by atoms with Crippen molar-refractivity contribution in [2.75, 3.05) is 5.75 Å². The first-order valence-electron chi connectivity index (χ1n) is 9.99. The molecule has 0 aliphatic carbocycles. The van der Waals surface area contributed by atoms with Gasteiger partial charge in [0, 0.05) is 17.7 Å². The number of nitrogens with zero attached hydrogens (tertiary/aromatic N) is 5. The second-order valence-electron chi connectivity index (χ2n) is 7.30. The normalized spacial score (nSPS) is 17.9. The van der Waals surface area contributed by atoms with Crippen LogP contribution < -0.4 is 0 Å². The maximum Gasteiger partial charge on any atom is 0.356 e. The molecule has 0 bridgehead atoms. The maximum absolute atomic E-state index is 13.6. The molecule has 0 radical (unpaired) electrons. The number of carbonyl (C=O) groups excluding carboxylic acids is 2. The summed E-state index contributed by atoms with van der Waals surface area (Å²) in [5, 5.41) is 12.0. The van der Waals surface area contributed by atoms with Gasteiger partial charge in [-0.15, -0.1) is 16.9 Å². The van der Waals surface area contributed by atoms with Gasteiger partial charge in [-0.2, -0.15) is 0 Å². The number of thioether (sulfide) groups is 2. The lowest BCUT2D eigenvalue weighted by atomic mass is 10.0. The molecular formula is C22H19N5O3S2. The minimum absolute atomic E-state index is 0.0427. The molecule has 0 unspecified atom stereocenters. The van der Waals surface area contributed by atoms with Gasteiger partial charge in [0.25, 0.3) is 0 Å². The summed E-state index contributed by atoms with van der Waals surface area (Å²) < 4.78 is 7.60. The lowest BCUT2D eigenvalue weighted by Crippen LogP contribution is -2.54. The van der Waals surface area contributed by atoms with Crippen molar-refractivity contribution in [2.45, 2.75) is 23.1 Å². The summed E-state index contributed by atoms with van der Waals surface area (Å²) >= 11 is 2.91. The van der Waals surface area contributed by atoms with Gasteiger partial charge in [0.2, 0.25) is 11.1 Å². The Balaban J connectivity index is 1.51. The van der Waals surface area contributed by atoms with E-state index in [-0.39, 0.29) is 17.0 Å². The van der Waals surface area contributed by atoms with E-state index in [1.807, 2.05) is 60.7 Å². The van der Waals surface area contributed by atoms with Crippen LogP contribution in [-0.2, 0) is 21.4 Å². The first kappa shape index (κ1) is 20.8. The minimum atomic E-state index is -0.593. The van der Waals surface area contributed by atoms with Crippen LogP contribution in [0.5, 0.6) is 0 Å². The molecule has 3 heterocycles. The fraction of sp³-hybridized carbons (Fsp3) is 0.227. The molecule has 8 nitrogen and oxygen atoms in total. The van der Waals surface area contributed by atoms with Crippen molar-refractivity contribution < 1.29 is 14.3 Å². The smallest absolute Gasteiger partial charge is 0.356 e. The van der Waals surface area contributed by atoms with Gasteiger partial charge < -0.3 is 4.74 Å². The van der Waals surface area contributed by atoms with E-state index in [1.165, 1.54) is 16.4 Å². The van der Waals surface area contributed by atoms with E-state index in [2.05, 4.69) is 15.5 Å².